The summed E-state index contributed by atoms with van der Waals surface area (Å²) in [7, 11) is 0. The van der Waals surface area contributed by atoms with Crippen molar-refractivity contribution in [2.45, 2.75) is 200 Å². The minimum atomic E-state index is -0.837. The van der Waals surface area contributed by atoms with E-state index < -0.39 is 6.10 Å². The molecule has 0 saturated heterocycles. The number of hydrogen-bond donors (Lipinski definition) is 0. The highest BCUT2D eigenvalue weighted by Crippen LogP contribution is 2.11. The second-order valence-corrected chi connectivity index (χ2v) is 15.6. The van der Waals surface area contributed by atoms with E-state index in [0.717, 1.165) is 89.9 Å². The Kier molecular flexibility index (Phi) is 46.1. The number of hydrogen-bond acceptors (Lipinski definition) is 6. The Bertz CT molecular complexity index is 1350. The number of unbranched alkanes of at least 4 members (excludes halogenated alkanes) is 12. The second kappa shape index (κ2) is 49.5. The number of esters is 3. The molecule has 0 radical (unpaired) electrons. The Morgan fingerprint density at radius 3 is 1.21 bits per heavy atom. The summed E-state index contributed by atoms with van der Waals surface area (Å²) >= 11 is 0. The lowest BCUT2D eigenvalue weighted by atomic mass is 10.1. The van der Waals surface area contributed by atoms with Crippen molar-refractivity contribution in [1.82, 2.24) is 0 Å². The molecule has 0 saturated carbocycles. The first-order valence-corrected chi connectivity index (χ1v) is 24.6. The average molecular weight is 857 g/mol. The number of rotatable bonds is 42. The van der Waals surface area contributed by atoms with Gasteiger partial charge in [0.05, 0.1) is 0 Å². The van der Waals surface area contributed by atoms with Gasteiger partial charge in [0, 0.05) is 19.3 Å². The van der Waals surface area contributed by atoms with Crippen molar-refractivity contribution >= 4 is 17.9 Å². The van der Waals surface area contributed by atoms with Crippen LogP contribution in [0.5, 0.6) is 0 Å². The smallest absolute Gasteiger partial charge is 0.306 e. The lowest BCUT2D eigenvalue weighted by Crippen LogP contribution is -2.30. The topological polar surface area (TPSA) is 78.9 Å². The summed E-state index contributed by atoms with van der Waals surface area (Å²) in [6.07, 6.45) is 67.8. The van der Waals surface area contributed by atoms with E-state index in [-0.39, 0.29) is 44.0 Å². The van der Waals surface area contributed by atoms with Gasteiger partial charge in [-0.25, -0.2) is 0 Å². The zero-order chi connectivity index (χ0) is 45.1. The van der Waals surface area contributed by atoms with Gasteiger partial charge in [-0.1, -0.05) is 187 Å². The van der Waals surface area contributed by atoms with Gasteiger partial charge in [0.2, 0.25) is 0 Å². The molecule has 6 nitrogen and oxygen atoms in total. The van der Waals surface area contributed by atoms with Crippen molar-refractivity contribution in [3.63, 3.8) is 0 Å². The largest absolute Gasteiger partial charge is 0.462 e. The molecule has 0 rings (SSSR count). The number of allylic oxidation sites excluding steroid dienone is 20. The number of carbonyl (C=O) groups excluding carboxylic acids is 3. The fourth-order valence-electron chi connectivity index (χ4n) is 6.08. The highest BCUT2D eigenvalue weighted by Gasteiger charge is 2.19. The monoisotopic (exact) mass is 857 g/mol. The van der Waals surface area contributed by atoms with E-state index in [1.165, 1.54) is 44.9 Å². The molecule has 1 unspecified atom stereocenters. The summed E-state index contributed by atoms with van der Waals surface area (Å²) in [6.45, 7) is 6.24. The Morgan fingerprint density at radius 1 is 0.355 bits per heavy atom. The van der Waals surface area contributed by atoms with Crippen LogP contribution < -0.4 is 0 Å². The molecular formula is C56H88O6. The van der Waals surface area contributed by atoms with Crippen LogP contribution in [0.15, 0.2) is 122 Å². The summed E-state index contributed by atoms with van der Waals surface area (Å²) in [5.41, 5.74) is 0. The lowest BCUT2D eigenvalue weighted by Gasteiger charge is -2.18. The fourth-order valence-corrected chi connectivity index (χ4v) is 6.08. The van der Waals surface area contributed by atoms with Gasteiger partial charge in [-0.15, -0.1) is 0 Å². The molecule has 0 aliphatic heterocycles. The van der Waals surface area contributed by atoms with Gasteiger partial charge in [-0.05, 0) is 109 Å². The van der Waals surface area contributed by atoms with Crippen LogP contribution in [-0.2, 0) is 28.6 Å². The Labute approximate surface area is 380 Å². The van der Waals surface area contributed by atoms with Crippen molar-refractivity contribution in [2.75, 3.05) is 13.2 Å². The van der Waals surface area contributed by atoms with Gasteiger partial charge in [0.15, 0.2) is 6.10 Å². The summed E-state index contributed by atoms with van der Waals surface area (Å²) in [6, 6.07) is 0. The maximum atomic E-state index is 12.7. The summed E-state index contributed by atoms with van der Waals surface area (Å²) in [5, 5.41) is 0. The summed E-state index contributed by atoms with van der Waals surface area (Å²) < 4.78 is 16.6. The molecule has 6 heteroatoms. The predicted octanol–water partition coefficient (Wildman–Crippen LogP) is 16.1. The molecule has 0 aliphatic carbocycles. The minimum absolute atomic E-state index is 0.133. The molecular weight excluding hydrogens is 769 g/mol. The van der Waals surface area contributed by atoms with E-state index in [0.29, 0.717) is 25.7 Å². The number of ether oxygens (including phenoxy) is 3. The molecule has 0 bridgehead atoms. The minimum Gasteiger partial charge on any atom is -0.462 e. The quantitative estimate of drug-likeness (QED) is 0.0200. The van der Waals surface area contributed by atoms with E-state index in [1.807, 2.05) is 12.2 Å². The third-order valence-electron chi connectivity index (χ3n) is 9.72. The Morgan fingerprint density at radius 2 is 0.710 bits per heavy atom. The fraction of sp³-hybridized carbons (Fsp3) is 0.589. The van der Waals surface area contributed by atoms with Gasteiger partial charge in [-0.2, -0.15) is 0 Å². The SMILES string of the molecule is CC/C=C\C/C=C\C/C=C\C/C=C\C/C=C\C/C=C\CCC(=O)OCC(COC(=O)CCCC/C=C\C/C=C\CC)OC(=O)CCCCC/C=C\C=C/CCCCCCCCC. The molecule has 62 heavy (non-hydrogen) atoms. The van der Waals surface area contributed by atoms with Crippen LogP contribution in [-0.4, -0.2) is 37.2 Å². The third-order valence-corrected chi connectivity index (χ3v) is 9.72. The van der Waals surface area contributed by atoms with Crippen molar-refractivity contribution in [2.24, 2.45) is 0 Å². The van der Waals surface area contributed by atoms with Crippen molar-refractivity contribution in [3.8, 4) is 0 Å². The molecule has 0 spiro atoms. The zero-order valence-electron chi connectivity index (χ0n) is 39.6. The van der Waals surface area contributed by atoms with E-state index in [4.69, 9.17) is 14.2 Å². The average Bonchev–Trinajstić information content (AvgIpc) is 3.27. The highest BCUT2D eigenvalue weighted by molar-refractivity contribution is 5.71. The first-order valence-electron chi connectivity index (χ1n) is 24.6. The lowest BCUT2D eigenvalue weighted by molar-refractivity contribution is -0.166. The van der Waals surface area contributed by atoms with Crippen LogP contribution >= 0.6 is 0 Å². The molecule has 0 fully saturated rings. The maximum Gasteiger partial charge on any atom is 0.306 e. The second-order valence-electron chi connectivity index (χ2n) is 15.6. The number of carbonyl (C=O) groups is 3. The Balaban J connectivity index is 4.55. The normalized spacial score (nSPS) is 13.1. The van der Waals surface area contributed by atoms with E-state index >= 15 is 0 Å². The molecule has 348 valence electrons. The first kappa shape index (κ1) is 57.8. The first-order chi connectivity index (χ1) is 30.5. The zero-order valence-corrected chi connectivity index (χ0v) is 39.6. The molecule has 0 N–H and O–H groups in total. The molecule has 0 aromatic rings. The molecule has 0 aliphatic rings. The van der Waals surface area contributed by atoms with Crippen LogP contribution in [0.25, 0.3) is 0 Å². The highest BCUT2D eigenvalue weighted by atomic mass is 16.6. The van der Waals surface area contributed by atoms with Crippen LogP contribution in [0.2, 0.25) is 0 Å². The van der Waals surface area contributed by atoms with E-state index in [2.05, 4.69) is 130 Å². The van der Waals surface area contributed by atoms with Gasteiger partial charge >= 0.3 is 17.9 Å². The van der Waals surface area contributed by atoms with Gasteiger partial charge < -0.3 is 14.2 Å². The summed E-state index contributed by atoms with van der Waals surface area (Å²) in [4.78, 5) is 37.8. The van der Waals surface area contributed by atoms with Crippen LogP contribution in [0, 0.1) is 0 Å². The van der Waals surface area contributed by atoms with E-state index in [9.17, 15) is 14.4 Å². The van der Waals surface area contributed by atoms with Gasteiger partial charge in [-0.3, -0.25) is 14.4 Å². The summed E-state index contributed by atoms with van der Waals surface area (Å²) in [5.74, 6) is -1.09. The van der Waals surface area contributed by atoms with Crippen molar-refractivity contribution in [1.29, 1.82) is 0 Å². The van der Waals surface area contributed by atoms with Gasteiger partial charge in [0.1, 0.15) is 13.2 Å². The van der Waals surface area contributed by atoms with E-state index in [1.54, 1.807) is 0 Å². The molecule has 0 amide bonds. The van der Waals surface area contributed by atoms with Crippen LogP contribution in [0.1, 0.15) is 194 Å². The third kappa shape index (κ3) is 46.9. The van der Waals surface area contributed by atoms with Crippen molar-refractivity contribution in [3.05, 3.63) is 122 Å². The van der Waals surface area contributed by atoms with Gasteiger partial charge in [0.25, 0.3) is 0 Å². The Hall–Kier alpha value is -4.19. The molecule has 1 atom stereocenters. The molecule has 0 heterocycles. The predicted molar refractivity (Wildman–Crippen MR) is 265 cm³/mol. The standard InChI is InChI=1S/C56H88O6/c1-4-7-10-13-16-19-21-23-25-27-28-29-31-32-34-37-40-43-46-49-55(58)61-52-53(51-60-54(57)48-45-42-39-36-18-15-12-9-6-3)62-56(59)50-47-44-41-38-35-33-30-26-24-22-20-17-14-11-8-5-2/h7,9-10,12,16,18-19,23,25-26,28-30,32-36,40,43,53H,4-6,8,11,13-15,17,20-22,24,27,31,37-39,41-42,44-52H2,1-3H3/b10-7-,12-9-,19-16-,25-23-,29-28-,30-26-,34-32-,35-33-,36-18-,43-40-. The maximum absolute atomic E-state index is 12.7. The van der Waals surface area contributed by atoms with Crippen LogP contribution in [0.3, 0.4) is 0 Å². The van der Waals surface area contributed by atoms with Crippen molar-refractivity contribution < 1.29 is 28.6 Å². The molecule has 0 aromatic heterocycles. The molecule has 0 aromatic carbocycles. The van der Waals surface area contributed by atoms with Crippen LogP contribution in [0.4, 0.5) is 0 Å².